The van der Waals surface area contributed by atoms with Crippen LogP contribution in [0.4, 0.5) is 0 Å². The van der Waals surface area contributed by atoms with E-state index < -0.39 is 12.0 Å². The summed E-state index contributed by atoms with van der Waals surface area (Å²) in [6.07, 6.45) is 0. The molecule has 0 aromatic carbocycles. The Morgan fingerprint density at radius 3 is 2.90 bits per heavy atom. The van der Waals surface area contributed by atoms with E-state index in [0.717, 1.165) is 0 Å². The van der Waals surface area contributed by atoms with E-state index in [0.29, 0.717) is 23.7 Å². The Morgan fingerprint density at radius 1 is 1.62 bits per heavy atom. The average molecular weight is 296 g/mol. The lowest BCUT2D eigenvalue weighted by atomic mass is 10.1. The fraction of sp³-hybridized carbons (Fsp3) is 0.667. The summed E-state index contributed by atoms with van der Waals surface area (Å²) in [5.41, 5.74) is 9.57. The van der Waals surface area contributed by atoms with E-state index in [9.17, 15) is 4.79 Å². The van der Waals surface area contributed by atoms with Crippen molar-refractivity contribution >= 4 is 5.97 Å². The van der Waals surface area contributed by atoms with Gasteiger partial charge in [0.15, 0.2) is 0 Å². The van der Waals surface area contributed by atoms with Crippen LogP contribution in [0.2, 0.25) is 0 Å². The van der Waals surface area contributed by atoms with Gasteiger partial charge in [-0.05, 0) is 19.4 Å². The number of carbonyl (C=O) groups is 1. The van der Waals surface area contributed by atoms with Gasteiger partial charge < -0.3 is 14.8 Å². The maximum Gasteiger partial charge on any atom is 0.328 e. The van der Waals surface area contributed by atoms with Gasteiger partial charge in [0, 0.05) is 25.0 Å². The molecule has 116 valence electrons. The van der Waals surface area contributed by atoms with Crippen molar-refractivity contribution in [3.05, 3.63) is 21.7 Å². The maximum absolute atomic E-state index is 12.2. The zero-order valence-corrected chi connectivity index (χ0v) is 12.7. The summed E-state index contributed by atoms with van der Waals surface area (Å²) in [5, 5.41) is 10.7. The molecule has 1 N–H and O–H groups in total. The maximum atomic E-state index is 12.2. The SMILES string of the molecule is CCOC(=O)C(NCCN=[N+]=[N-])c1c(C)nn(C)c1OC. The minimum Gasteiger partial charge on any atom is -0.481 e. The van der Waals surface area contributed by atoms with Crippen molar-refractivity contribution in [2.45, 2.75) is 19.9 Å². The predicted octanol–water partition coefficient (Wildman–Crippen LogP) is 1.24. The number of aromatic nitrogens is 2. The highest BCUT2D eigenvalue weighted by Gasteiger charge is 2.29. The van der Waals surface area contributed by atoms with Gasteiger partial charge in [0.05, 0.1) is 25.0 Å². The zero-order chi connectivity index (χ0) is 15.8. The third kappa shape index (κ3) is 4.11. The fourth-order valence-corrected chi connectivity index (χ4v) is 2.06. The highest BCUT2D eigenvalue weighted by atomic mass is 16.5. The number of azide groups is 1. The van der Waals surface area contributed by atoms with Crippen LogP contribution in [0.25, 0.3) is 10.4 Å². The first kappa shape index (κ1) is 16.8. The van der Waals surface area contributed by atoms with Crippen LogP contribution in [0.5, 0.6) is 5.88 Å². The molecule has 0 radical (unpaired) electrons. The van der Waals surface area contributed by atoms with Crippen molar-refractivity contribution in [3.8, 4) is 5.88 Å². The molecule has 0 aliphatic carbocycles. The van der Waals surface area contributed by atoms with E-state index in [2.05, 4.69) is 20.4 Å². The number of hydrogen-bond donors (Lipinski definition) is 1. The summed E-state index contributed by atoms with van der Waals surface area (Å²) in [6.45, 7) is 4.37. The molecule has 1 heterocycles. The first-order chi connectivity index (χ1) is 10.1. The first-order valence-corrected chi connectivity index (χ1v) is 6.55. The lowest BCUT2D eigenvalue weighted by molar-refractivity contribution is -0.145. The Morgan fingerprint density at radius 2 is 2.33 bits per heavy atom. The van der Waals surface area contributed by atoms with Crippen LogP contribution in [0.15, 0.2) is 5.11 Å². The van der Waals surface area contributed by atoms with Gasteiger partial charge in [0.25, 0.3) is 0 Å². The molecule has 0 saturated carbocycles. The number of ether oxygens (including phenoxy) is 2. The van der Waals surface area contributed by atoms with Gasteiger partial charge in [0.1, 0.15) is 6.04 Å². The third-order valence-electron chi connectivity index (χ3n) is 2.84. The first-order valence-electron chi connectivity index (χ1n) is 6.55. The van der Waals surface area contributed by atoms with Crippen molar-refractivity contribution in [2.24, 2.45) is 12.2 Å². The number of nitrogens with zero attached hydrogens (tertiary/aromatic N) is 5. The quantitative estimate of drug-likeness (QED) is 0.255. The van der Waals surface area contributed by atoms with Crippen molar-refractivity contribution in [2.75, 3.05) is 26.8 Å². The van der Waals surface area contributed by atoms with Crippen LogP contribution in [0.1, 0.15) is 24.2 Å². The molecule has 9 heteroatoms. The number of nitrogens with one attached hydrogen (secondary N) is 1. The fourth-order valence-electron chi connectivity index (χ4n) is 2.06. The highest BCUT2D eigenvalue weighted by molar-refractivity contribution is 5.79. The Bertz CT molecular complexity index is 535. The number of carbonyl (C=O) groups excluding carboxylic acids is 1. The van der Waals surface area contributed by atoms with Crippen molar-refractivity contribution in [1.82, 2.24) is 15.1 Å². The van der Waals surface area contributed by atoms with Crippen LogP contribution >= 0.6 is 0 Å². The Kier molecular flexibility index (Phi) is 6.51. The van der Waals surface area contributed by atoms with Crippen LogP contribution in [0.3, 0.4) is 0 Å². The van der Waals surface area contributed by atoms with Crippen LogP contribution in [0, 0.1) is 6.92 Å². The molecule has 1 rings (SSSR count). The standard InChI is InChI=1S/C12H20N6O3/c1-5-21-12(19)10(14-6-7-15-17-13)9-8(2)16-18(3)11(9)20-4/h10,14H,5-7H2,1-4H3. The summed E-state index contributed by atoms with van der Waals surface area (Å²) in [4.78, 5) is 14.8. The van der Waals surface area contributed by atoms with E-state index >= 15 is 0 Å². The van der Waals surface area contributed by atoms with Crippen molar-refractivity contribution in [1.29, 1.82) is 0 Å². The molecule has 21 heavy (non-hydrogen) atoms. The Balaban J connectivity index is 3.05. The number of hydrogen-bond acceptors (Lipinski definition) is 6. The molecule has 1 atom stereocenters. The normalized spacial score (nSPS) is 11.6. The highest BCUT2D eigenvalue weighted by Crippen LogP contribution is 2.28. The summed E-state index contributed by atoms with van der Waals surface area (Å²) in [6, 6.07) is -0.720. The molecule has 0 saturated heterocycles. The lowest BCUT2D eigenvalue weighted by Crippen LogP contribution is -2.32. The van der Waals surface area contributed by atoms with E-state index in [1.54, 1.807) is 25.6 Å². The van der Waals surface area contributed by atoms with Gasteiger partial charge in [-0.1, -0.05) is 5.11 Å². The van der Waals surface area contributed by atoms with E-state index in [1.165, 1.54) is 7.11 Å². The van der Waals surface area contributed by atoms with E-state index in [1.807, 2.05) is 0 Å². The van der Waals surface area contributed by atoms with E-state index in [4.69, 9.17) is 15.0 Å². The second kappa shape index (κ2) is 8.13. The molecule has 1 aromatic rings. The largest absolute Gasteiger partial charge is 0.481 e. The van der Waals surface area contributed by atoms with Gasteiger partial charge in [0.2, 0.25) is 5.88 Å². The van der Waals surface area contributed by atoms with Gasteiger partial charge in [-0.15, -0.1) is 0 Å². The number of rotatable bonds is 8. The summed E-state index contributed by atoms with van der Waals surface area (Å²) < 4.78 is 11.9. The topological polar surface area (TPSA) is 114 Å². The molecule has 1 aromatic heterocycles. The summed E-state index contributed by atoms with van der Waals surface area (Å²) in [5.74, 6) is 0.0645. The van der Waals surface area contributed by atoms with Crippen LogP contribution in [-0.2, 0) is 16.6 Å². The smallest absolute Gasteiger partial charge is 0.328 e. The Labute approximate surface area is 122 Å². The van der Waals surface area contributed by atoms with E-state index in [-0.39, 0.29) is 13.2 Å². The molecule has 0 spiro atoms. The lowest BCUT2D eigenvalue weighted by Gasteiger charge is -2.17. The minimum atomic E-state index is -0.720. The van der Waals surface area contributed by atoms with Crippen molar-refractivity contribution in [3.63, 3.8) is 0 Å². The van der Waals surface area contributed by atoms with Crippen LogP contribution in [-0.4, -0.2) is 42.6 Å². The molecule has 0 amide bonds. The average Bonchev–Trinajstić information content (AvgIpc) is 2.73. The number of methoxy groups -OCH3 is 1. The molecule has 0 aliphatic heterocycles. The third-order valence-corrected chi connectivity index (χ3v) is 2.84. The monoisotopic (exact) mass is 296 g/mol. The minimum absolute atomic E-state index is 0.230. The zero-order valence-electron chi connectivity index (χ0n) is 12.7. The number of esters is 1. The molecular weight excluding hydrogens is 276 g/mol. The summed E-state index contributed by atoms with van der Waals surface area (Å²) >= 11 is 0. The molecule has 1 unspecified atom stereocenters. The Hall–Kier alpha value is -2.25. The van der Waals surface area contributed by atoms with Crippen LogP contribution < -0.4 is 10.1 Å². The molecular formula is C12H20N6O3. The second-order valence-electron chi connectivity index (χ2n) is 4.23. The molecule has 0 fully saturated rings. The molecule has 9 nitrogen and oxygen atoms in total. The van der Waals surface area contributed by atoms with Gasteiger partial charge in [-0.25, -0.2) is 9.48 Å². The predicted molar refractivity (Wildman–Crippen MR) is 75.9 cm³/mol. The van der Waals surface area contributed by atoms with Gasteiger partial charge in [-0.2, -0.15) is 5.10 Å². The van der Waals surface area contributed by atoms with Gasteiger partial charge >= 0.3 is 5.97 Å². The van der Waals surface area contributed by atoms with Crippen molar-refractivity contribution < 1.29 is 14.3 Å². The second-order valence-corrected chi connectivity index (χ2v) is 4.23. The number of aryl methyl sites for hydroxylation is 2. The molecule has 0 aliphatic rings. The summed E-state index contributed by atoms with van der Waals surface area (Å²) in [7, 11) is 3.25. The molecule has 0 bridgehead atoms. The van der Waals surface area contributed by atoms with Gasteiger partial charge in [-0.3, -0.25) is 0 Å².